The second-order valence-electron chi connectivity index (χ2n) is 8.66. The summed E-state index contributed by atoms with van der Waals surface area (Å²) in [5, 5.41) is 2.51. The minimum Gasteiger partial charge on any atom is -0.494 e. The summed E-state index contributed by atoms with van der Waals surface area (Å²) < 4.78 is 11.6. The second kappa shape index (κ2) is 15.6. The van der Waals surface area contributed by atoms with Gasteiger partial charge < -0.3 is 9.47 Å². The predicted molar refractivity (Wildman–Crippen MR) is 134 cm³/mol. The van der Waals surface area contributed by atoms with Crippen molar-refractivity contribution in [2.24, 2.45) is 0 Å². The fourth-order valence-corrected chi connectivity index (χ4v) is 3.69. The summed E-state index contributed by atoms with van der Waals surface area (Å²) in [6.45, 7) is 7.31. The van der Waals surface area contributed by atoms with E-state index in [2.05, 4.69) is 69.2 Å². The van der Waals surface area contributed by atoms with Gasteiger partial charge in [0.2, 0.25) is 0 Å². The summed E-state index contributed by atoms with van der Waals surface area (Å²) in [6.07, 6.45) is 17.6. The van der Waals surface area contributed by atoms with Gasteiger partial charge in [0.25, 0.3) is 0 Å². The lowest BCUT2D eigenvalue weighted by Crippen LogP contribution is -2.05. The Kier molecular flexibility index (Phi) is 12.7. The Labute approximate surface area is 190 Å². The largest absolute Gasteiger partial charge is 0.494 e. The average Bonchev–Trinajstić information content (AvgIpc) is 2.79. The molecule has 0 spiro atoms. The number of ether oxygens (including phenoxy) is 2. The van der Waals surface area contributed by atoms with Gasteiger partial charge in [-0.05, 0) is 61.1 Å². The maximum atomic E-state index is 5.99. The number of unbranched alkanes of at least 4 members (excludes halogenated alkanes) is 8. The molecular weight excluding hydrogens is 380 g/mol. The highest BCUT2D eigenvalue weighted by Crippen LogP contribution is 2.23. The van der Waals surface area contributed by atoms with E-state index in [9.17, 15) is 0 Å². The lowest BCUT2D eigenvalue weighted by Gasteiger charge is -2.10. The zero-order valence-electron chi connectivity index (χ0n) is 20.1. The van der Waals surface area contributed by atoms with Crippen molar-refractivity contribution in [1.29, 1.82) is 0 Å². The highest BCUT2D eigenvalue weighted by Gasteiger charge is 2.04. The first-order valence-corrected chi connectivity index (χ1v) is 12.5. The average molecular weight is 423 g/mol. The number of aryl methyl sites for hydroxylation is 1. The lowest BCUT2D eigenvalue weighted by molar-refractivity contribution is 0.175. The van der Waals surface area contributed by atoms with E-state index in [0.717, 1.165) is 44.5 Å². The van der Waals surface area contributed by atoms with E-state index in [1.54, 1.807) is 0 Å². The molecule has 0 saturated carbocycles. The number of benzene rings is 2. The maximum absolute atomic E-state index is 5.99. The molecule has 1 atom stereocenters. The molecule has 170 valence electrons. The van der Waals surface area contributed by atoms with Crippen LogP contribution in [0.15, 0.2) is 36.4 Å². The molecule has 0 aliphatic heterocycles. The van der Waals surface area contributed by atoms with Gasteiger partial charge in [0, 0.05) is 6.42 Å². The third-order valence-corrected chi connectivity index (χ3v) is 5.69. The van der Waals surface area contributed by atoms with E-state index in [1.807, 2.05) is 0 Å². The highest BCUT2D eigenvalue weighted by molar-refractivity contribution is 5.84. The molecule has 1 unspecified atom stereocenters. The molecule has 0 N–H and O–H groups in total. The van der Waals surface area contributed by atoms with Crippen molar-refractivity contribution in [1.82, 2.24) is 0 Å². The lowest BCUT2D eigenvalue weighted by atomic mass is 10.0. The summed E-state index contributed by atoms with van der Waals surface area (Å²) >= 11 is 0. The summed E-state index contributed by atoms with van der Waals surface area (Å²) in [4.78, 5) is 0. The maximum Gasteiger partial charge on any atom is 0.119 e. The number of fused-ring (bicyclic) bond motifs is 1. The Morgan fingerprint density at radius 2 is 1.52 bits per heavy atom. The Hall–Kier alpha value is -2.14. The van der Waals surface area contributed by atoms with E-state index in [0.29, 0.717) is 0 Å². The molecular formula is C29H42O2. The van der Waals surface area contributed by atoms with Gasteiger partial charge in [0.1, 0.15) is 18.0 Å². The molecule has 2 aromatic rings. The van der Waals surface area contributed by atoms with Crippen molar-refractivity contribution in [2.45, 2.75) is 104 Å². The first-order valence-electron chi connectivity index (χ1n) is 12.5. The van der Waals surface area contributed by atoms with Gasteiger partial charge in [0.05, 0.1) is 6.61 Å². The van der Waals surface area contributed by atoms with Crippen LogP contribution in [0.5, 0.6) is 5.75 Å². The molecule has 0 heterocycles. The number of rotatable bonds is 15. The first kappa shape index (κ1) is 25.1. The van der Waals surface area contributed by atoms with Gasteiger partial charge in [-0.2, -0.15) is 0 Å². The smallest absolute Gasteiger partial charge is 0.119 e. The Morgan fingerprint density at radius 3 is 2.29 bits per heavy atom. The molecule has 31 heavy (non-hydrogen) atoms. The summed E-state index contributed by atoms with van der Waals surface area (Å²) in [7, 11) is 0. The quantitative estimate of drug-likeness (QED) is 0.212. The van der Waals surface area contributed by atoms with E-state index < -0.39 is 0 Å². The van der Waals surface area contributed by atoms with Crippen LogP contribution in [0.4, 0.5) is 0 Å². The molecule has 0 radical (unpaired) electrons. The van der Waals surface area contributed by atoms with Crippen LogP contribution in [-0.2, 0) is 11.2 Å². The SMILES string of the molecule is CCCC#COC(C)CCc1ccc2cc(OCCCCCCCCCC)ccc2c1. The fraction of sp³-hybridized carbons (Fsp3) is 0.586. The molecule has 0 aliphatic rings. The van der Waals surface area contributed by atoms with Crippen LogP contribution >= 0.6 is 0 Å². The molecule has 2 rings (SSSR count). The molecule has 2 aromatic carbocycles. The zero-order valence-corrected chi connectivity index (χ0v) is 20.1. The van der Waals surface area contributed by atoms with Crippen LogP contribution in [-0.4, -0.2) is 12.7 Å². The molecule has 0 aromatic heterocycles. The normalized spacial score (nSPS) is 11.7. The topological polar surface area (TPSA) is 18.5 Å². The third-order valence-electron chi connectivity index (χ3n) is 5.69. The van der Waals surface area contributed by atoms with Gasteiger partial charge >= 0.3 is 0 Å². The second-order valence-corrected chi connectivity index (χ2v) is 8.66. The van der Waals surface area contributed by atoms with Crippen molar-refractivity contribution in [3.05, 3.63) is 42.0 Å². The van der Waals surface area contributed by atoms with Crippen LogP contribution in [0.2, 0.25) is 0 Å². The third kappa shape index (κ3) is 10.6. The molecule has 0 fully saturated rings. The summed E-state index contributed by atoms with van der Waals surface area (Å²) in [5.41, 5.74) is 1.34. The van der Waals surface area contributed by atoms with Crippen molar-refractivity contribution in [2.75, 3.05) is 6.61 Å². The van der Waals surface area contributed by atoms with Gasteiger partial charge in [-0.3, -0.25) is 0 Å². The minimum atomic E-state index is 0.159. The predicted octanol–water partition coefficient (Wildman–Crippen LogP) is 8.46. The summed E-state index contributed by atoms with van der Waals surface area (Å²) in [6, 6.07) is 13.2. The minimum absolute atomic E-state index is 0.159. The first-order chi connectivity index (χ1) is 15.2. The monoisotopic (exact) mass is 422 g/mol. The molecule has 0 aliphatic carbocycles. The summed E-state index contributed by atoms with van der Waals surface area (Å²) in [5.74, 6) is 4.03. The van der Waals surface area contributed by atoms with Crippen molar-refractivity contribution in [3.8, 4) is 17.8 Å². The van der Waals surface area contributed by atoms with Gasteiger partial charge in [-0.1, -0.05) is 89.0 Å². The molecule has 2 nitrogen and oxygen atoms in total. The van der Waals surface area contributed by atoms with Crippen LogP contribution in [0.25, 0.3) is 10.8 Å². The van der Waals surface area contributed by atoms with Gasteiger partial charge in [-0.25, -0.2) is 0 Å². The van der Waals surface area contributed by atoms with Crippen molar-refractivity contribution >= 4 is 10.8 Å². The molecule has 2 heteroatoms. The molecule has 0 bridgehead atoms. The number of hydrogen-bond donors (Lipinski definition) is 0. The number of hydrogen-bond acceptors (Lipinski definition) is 2. The van der Waals surface area contributed by atoms with Crippen LogP contribution < -0.4 is 4.74 Å². The Morgan fingerprint density at radius 1 is 0.806 bits per heavy atom. The van der Waals surface area contributed by atoms with Crippen LogP contribution in [0.3, 0.4) is 0 Å². The molecule has 0 amide bonds. The molecule has 0 saturated heterocycles. The Bertz CT molecular complexity index is 799. The van der Waals surface area contributed by atoms with Crippen molar-refractivity contribution in [3.63, 3.8) is 0 Å². The van der Waals surface area contributed by atoms with Crippen LogP contribution in [0, 0.1) is 12.0 Å². The van der Waals surface area contributed by atoms with Gasteiger partial charge in [-0.15, -0.1) is 0 Å². The van der Waals surface area contributed by atoms with E-state index in [4.69, 9.17) is 9.47 Å². The fourth-order valence-electron chi connectivity index (χ4n) is 3.69. The highest BCUT2D eigenvalue weighted by atomic mass is 16.5. The van der Waals surface area contributed by atoms with E-state index in [1.165, 1.54) is 61.3 Å². The van der Waals surface area contributed by atoms with Gasteiger partial charge in [0.15, 0.2) is 0 Å². The van der Waals surface area contributed by atoms with Crippen molar-refractivity contribution < 1.29 is 9.47 Å². The van der Waals surface area contributed by atoms with Crippen LogP contribution in [0.1, 0.15) is 97.0 Å². The van der Waals surface area contributed by atoms with E-state index in [-0.39, 0.29) is 6.10 Å². The zero-order chi connectivity index (χ0) is 22.2. The Balaban J connectivity index is 1.70. The standard InChI is InChI=1S/C29H42O2/c1-4-6-8-9-10-11-12-14-22-31-29-20-19-27-23-26(17-18-28(27)24-29)16-15-25(3)30-21-13-7-5-2/h17-20,23-25H,4-12,14-16,22H2,1-3H3. The van der Waals surface area contributed by atoms with E-state index >= 15 is 0 Å².